The summed E-state index contributed by atoms with van der Waals surface area (Å²) < 4.78 is 7.93. The summed E-state index contributed by atoms with van der Waals surface area (Å²) in [7, 11) is 2.17. The van der Waals surface area contributed by atoms with Gasteiger partial charge >= 0.3 is 0 Å². The van der Waals surface area contributed by atoms with Gasteiger partial charge in [-0.1, -0.05) is 12.1 Å². The fraction of sp³-hybridized carbons (Fsp3) is 0.520. The van der Waals surface area contributed by atoms with Crippen molar-refractivity contribution in [3.8, 4) is 11.9 Å². The molecular formula is C25H27N7O. The van der Waals surface area contributed by atoms with Crippen molar-refractivity contribution in [3.05, 3.63) is 41.9 Å². The normalized spacial score (nSPS) is 29.9. The Hall–Kier alpha value is -3.02. The molecular weight excluding hydrogens is 414 g/mol. The predicted molar refractivity (Wildman–Crippen MR) is 123 cm³/mol. The summed E-state index contributed by atoms with van der Waals surface area (Å²) in [6.45, 7) is 5.42. The summed E-state index contributed by atoms with van der Waals surface area (Å²) in [5, 5.41) is 15.7. The van der Waals surface area contributed by atoms with Crippen molar-refractivity contribution in [2.24, 2.45) is 5.41 Å². The molecule has 1 spiro atoms. The third-order valence-corrected chi connectivity index (χ3v) is 8.42. The predicted octanol–water partition coefficient (Wildman–Crippen LogP) is 2.59. The van der Waals surface area contributed by atoms with Crippen LogP contribution in [-0.4, -0.2) is 70.1 Å². The molecule has 0 N–H and O–H groups in total. The van der Waals surface area contributed by atoms with Gasteiger partial charge in [-0.2, -0.15) is 10.4 Å². The van der Waals surface area contributed by atoms with Crippen LogP contribution in [-0.2, 0) is 10.2 Å². The number of nitrogens with zero attached hydrogens (tertiary/aromatic N) is 7. The lowest BCUT2D eigenvalue weighted by Gasteiger charge is -2.33. The molecule has 2 saturated heterocycles. The third kappa shape index (κ3) is 2.73. The van der Waals surface area contributed by atoms with E-state index in [1.54, 1.807) is 0 Å². The molecule has 2 aliphatic carbocycles. The number of fused-ring (bicyclic) bond motifs is 2. The Bertz CT molecular complexity index is 1320. The Morgan fingerprint density at radius 3 is 2.76 bits per heavy atom. The largest absolute Gasteiger partial charge is 0.373 e. The van der Waals surface area contributed by atoms with Crippen molar-refractivity contribution in [1.29, 1.82) is 5.26 Å². The topological polar surface area (TPSA) is 83.1 Å². The van der Waals surface area contributed by atoms with Crippen LogP contribution in [0.5, 0.6) is 0 Å². The molecule has 8 heteroatoms. The lowest BCUT2D eigenvalue weighted by atomic mass is 9.93. The van der Waals surface area contributed by atoms with Crippen molar-refractivity contribution in [3.63, 3.8) is 0 Å². The molecule has 4 fully saturated rings. The maximum Gasteiger partial charge on any atom is 0.159 e. The van der Waals surface area contributed by atoms with Crippen molar-refractivity contribution in [2.75, 3.05) is 38.2 Å². The molecule has 1 aromatic carbocycles. The Balaban J connectivity index is 1.27. The molecule has 33 heavy (non-hydrogen) atoms. The van der Waals surface area contributed by atoms with Gasteiger partial charge in [0.1, 0.15) is 11.6 Å². The van der Waals surface area contributed by atoms with E-state index in [9.17, 15) is 5.26 Å². The first-order chi connectivity index (χ1) is 16.0. The van der Waals surface area contributed by atoms with Gasteiger partial charge in [-0.3, -0.25) is 4.90 Å². The molecule has 4 aliphatic rings. The number of morpholine rings is 1. The lowest BCUT2D eigenvalue weighted by Crippen LogP contribution is -2.48. The summed E-state index contributed by atoms with van der Waals surface area (Å²) >= 11 is 0. The highest BCUT2D eigenvalue weighted by Gasteiger charge is 2.75. The summed E-state index contributed by atoms with van der Waals surface area (Å²) in [6, 6.07) is 11.4. The lowest BCUT2D eigenvalue weighted by molar-refractivity contribution is -0.0362. The van der Waals surface area contributed by atoms with E-state index in [4.69, 9.17) is 14.7 Å². The van der Waals surface area contributed by atoms with Gasteiger partial charge in [0, 0.05) is 31.1 Å². The Labute approximate surface area is 192 Å². The summed E-state index contributed by atoms with van der Waals surface area (Å²) in [5.41, 5.74) is 2.03. The number of hydrogen-bond donors (Lipinski definition) is 0. The minimum Gasteiger partial charge on any atom is -0.373 e. The first-order valence-electron chi connectivity index (χ1n) is 11.8. The van der Waals surface area contributed by atoms with Crippen LogP contribution in [0.25, 0.3) is 16.7 Å². The molecule has 0 bridgehead atoms. The van der Waals surface area contributed by atoms with Crippen LogP contribution in [0.4, 0.5) is 5.82 Å². The quantitative estimate of drug-likeness (QED) is 0.618. The third-order valence-electron chi connectivity index (χ3n) is 8.42. The number of rotatable bonds is 3. The zero-order valence-electron chi connectivity index (χ0n) is 19.0. The van der Waals surface area contributed by atoms with Gasteiger partial charge in [-0.25, -0.2) is 14.6 Å². The van der Waals surface area contributed by atoms with E-state index < -0.39 is 0 Å². The number of benzene rings is 1. The first kappa shape index (κ1) is 19.4. The maximum atomic E-state index is 9.98. The Morgan fingerprint density at radius 2 is 2.00 bits per heavy atom. The number of aryl methyl sites for hydroxylation is 1. The van der Waals surface area contributed by atoms with E-state index in [0.29, 0.717) is 6.04 Å². The molecule has 0 amide bonds. The molecule has 168 valence electrons. The number of ether oxygens (including phenoxy) is 1. The fourth-order valence-corrected chi connectivity index (χ4v) is 6.17. The molecule has 0 radical (unpaired) electrons. The van der Waals surface area contributed by atoms with Gasteiger partial charge in [-0.15, -0.1) is 0 Å². The second-order valence-electron chi connectivity index (χ2n) is 10.3. The highest BCUT2D eigenvalue weighted by atomic mass is 16.5. The average molecular weight is 442 g/mol. The highest BCUT2D eigenvalue weighted by molar-refractivity contribution is 5.82. The van der Waals surface area contributed by atoms with E-state index in [2.05, 4.69) is 46.2 Å². The van der Waals surface area contributed by atoms with E-state index in [0.717, 1.165) is 66.6 Å². The second-order valence-corrected chi connectivity index (χ2v) is 10.3. The molecule has 3 atom stereocenters. The van der Waals surface area contributed by atoms with Gasteiger partial charge in [0.2, 0.25) is 0 Å². The van der Waals surface area contributed by atoms with Gasteiger partial charge < -0.3 is 9.64 Å². The molecule has 3 aromatic rings. The van der Waals surface area contributed by atoms with Crippen molar-refractivity contribution in [1.82, 2.24) is 24.6 Å². The van der Waals surface area contributed by atoms with Gasteiger partial charge in [0.05, 0.1) is 42.0 Å². The summed E-state index contributed by atoms with van der Waals surface area (Å²) in [5.74, 6) is 2.40. The minimum absolute atomic E-state index is 0.214. The van der Waals surface area contributed by atoms with E-state index in [-0.39, 0.29) is 16.9 Å². The van der Waals surface area contributed by atoms with Crippen LogP contribution in [0.15, 0.2) is 30.5 Å². The molecule has 8 nitrogen and oxygen atoms in total. The number of likely N-dealkylation sites (N-methyl/N-ethyl adjacent to an activating group) is 1. The molecule has 4 heterocycles. The zero-order chi connectivity index (χ0) is 22.4. The SMILES string of the molecule is Cc1nc(N2CC3OCCN(C)[C@@H]3C2)cc(-n2ncc3ccc([C@]4(C#N)CC45CC5)cc32)n1. The standard InChI is InChI=1S/C25H27N7O/c1-16-28-22(31-12-20-21(13-31)33-8-7-30(20)2)10-23(29-16)32-19-9-18(4-3-17(19)11-27-32)25(15-26)14-24(25)5-6-24/h3-4,9-11,20-21H,5-8,12-14H2,1-2H3/t20-,21?,25-/m1/s1. The molecule has 2 saturated carbocycles. The van der Waals surface area contributed by atoms with Crippen LogP contribution in [0.1, 0.15) is 30.7 Å². The monoisotopic (exact) mass is 441 g/mol. The average Bonchev–Trinajstić information content (AvgIpc) is 3.59. The van der Waals surface area contributed by atoms with E-state index in [1.165, 1.54) is 12.8 Å². The number of anilines is 1. The number of hydrogen-bond acceptors (Lipinski definition) is 7. The first-order valence-corrected chi connectivity index (χ1v) is 11.8. The van der Waals surface area contributed by atoms with Gasteiger partial charge in [0.25, 0.3) is 0 Å². The molecule has 7 rings (SSSR count). The van der Waals surface area contributed by atoms with Crippen molar-refractivity contribution >= 4 is 16.7 Å². The Morgan fingerprint density at radius 1 is 1.15 bits per heavy atom. The maximum absolute atomic E-state index is 9.98. The number of aromatic nitrogens is 4. The van der Waals surface area contributed by atoms with E-state index >= 15 is 0 Å². The van der Waals surface area contributed by atoms with Crippen LogP contribution < -0.4 is 4.90 Å². The molecule has 2 aliphatic heterocycles. The van der Waals surface area contributed by atoms with Crippen LogP contribution in [0.2, 0.25) is 0 Å². The highest BCUT2D eigenvalue weighted by Crippen LogP contribution is 2.78. The van der Waals surface area contributed by atoms with Gasteiger partial charge in [0.15, 0.2) is 5.82 Å². The molecule has 2 aromatic heterocycles. The summed E-state index contributed by atoms with van der Waals surface area (Å²) in [4.78, 5) is 14.2. The zero-order valence-corrected chi connectivity index (χ0v) is 19.0. The van der Waals surface area contributed by atoms with Crippen LogP contribution >= 0.6 is 0 Å². The second kappa shape index (κ2) is 6.52. The smallest absolute Gasteiger partial charge is 0.159 e. The fourth-order valence-electron chi connectivity index (χ4n) is 6.17. The van der Waals surface area contributed by atoms with Crippen molar-refractivity contribution < 1.29 is 4.74 Å². The molecule has 1 unspecified atom stereocenters. The van der Waals surface area contributed by atoms with Crippen molar-refractivity contribution in [2.45, 2.75) is 43.7 Å². The van der Waals surface area contributed by atoms with Crippen LogP contribution in [0, 0.1) is 23.7 Å². The van der Waals surface area contributed by atoms with E-state index in [1.807, 2.05) is 23.9 Å². The Kier molecular flexibility index (Phi) is 3.84. The van der Waals surface area contributed by atoms with Gasteiger partial charge in [-0.05, 0) is 50.3 Å². The summed E-state index contributed by atoms with van der Waals surface area (Å²) in [6.07, 6.45) is 5.42. The minimum atomic E-state index is -0.319. The number of nitriles is 1. The van der Waals surface area contributed by atoms with Crippen LogP contribution in [0.3, 0.4) is 0 Å².